The molecule has 4 nitrogen and oxygen atoms in total. The van der Waals surface area contributed by atoms with Crippen LogP contribution in [0, 0.1) is 0 Å². The molecule has 5 heteroatoms. The highest BCUT2D eigenvalue weighted by molar-refractivity contribution is 7.98. The van der Waals surface area contributed by atoms with E-state index in [1.807, 2.05) is 55.5 Å². The number of aromatic nitrogens is 3. The standard InChI is InChI=1S/C19H19N3OS/c1-2-9-17(23)22-19(24-14-15-10-5-3-6-11-15)20-18(21-22)16-12-7-4-8-13-16/h3-8,10-13H,2,9,14H2,1H3. The van der Waals surface area contributed by atoms with Crippen LogP contribution in [0.5, 0.6) is 0 Å². The largest absolute Gasteiger partial charge is 0.272 e. The minimum atomic E-state index is -0.0113. The van der Waals surface area contributed by atoms with Gasteiger partial charge in [0.1, 0.15) is 0 Å². The van der Waals surface area contributed by atoms with Crippen LogP contribution in [0.1, 0.15) is 30.1 Å². The zero-order valence-corrected chi connectivity index (χ0v) is 14.4. The molecule has 0 radical (unpaired) electrons. The van der Waals surface area contributed by atoms with Gasteiger partial charge in [-0.05, 0) is 12.0 Å². The van der Waals surface area contributed by atoms with E-state index in [0.717, 1.165) is 17.7 Å². The molecule has 0 saturated heterocycles. The first-order chi connectivity index (χ1) is 11.8. The second-order valence-corrected chi connectivity index (χ2v) is 6.36. The average Bonchev–Trinajstić information content (AvgIpc) is 3.06. The fraction of sp³-hybridized carbons (Fsp3) is 0.211. The van der Waals surface area contributed by atoms with Crippen LogP contribution in [0.15, 0.2) is 65.8 Å². The summed E-state index contributed by atoms with van der Waals surface area (Å²) in [5.74, 6) is 1.34. The molecule has 0 aliphatic carbocycles. The molecule has 0 bridgehead atoms. The Morgan fingerprint density at radius 1 is 1.04 bits per heavy atom. The number of hydrogen-bond donors (Lipinski definition) is 0. The third-order valence-corrected chi connectivity index (χ3v) is 4.52. The van der Waals surface area contributed by atoms with Gasteiger partial charge >= 0.3 is 0 Å². The number of hydrogen-bond acceptors (Lipinski definition) is 4. The molecule has 1 aromatic heterocycles. The van der Waals surface area contributed by atoms with Crippen molar-refractivity contribution in [2.45, 2.75) is 30.7 Å². The molecule has 3 rings (SSSR count). The number of carbonyl (C=O) groups excluding carboxylic acids is 1. The molecule has 0 atom stereocenters. The third-order valence-electron chi connectivity index (χ3n) is 3.52. The van der Waals surface area contributed by atoms with Crippen molar-refractivity contribution in [3.63, 3.8) is 0 Å². The van der Waals surface area contributed by atoms with Crippen LogP contribution in [0.2, 0.25) is 0 Å². The van der Waals surface area contributed by atoms with E-state index in [4.69, 9.17) is 0 Å². The summed E-state index contributed by atoms with van der Waals surface area (Å²) in [5.41, 5.74) is 2.11. The Balaban J connectivity index is 1.87. The maximum absolute atomic E-state index is 12.4. The van der Waals surface area contributed by atoms with Crippen LogP contribution in [-0.2, 0) is 5.75 Å². The molecular formula is C19H19N3OS. The summed E-state index contributed by atoms with van der Waals surface area (Å²) in [4.78, 5) is 17.0. The summed E-state index contributed by atoms with van der Waals surface area (Å²) < 4.78 is 1.46. The summed E-state index contributed by atoms with van der Waals surface area (Å²) in [6.45, 7) is 1.99. The van der Waals surface area contributed by atoms with E-state index >= 15 is 0 Å². The Labute approximate surface area is 145 Å². The Bertz CT molecular complexity index is 800. The van der Waals surface area contributed by atoms with Gasteiger partial charge in [0.25, 0.3) is 0 Å². The van der Waals surface area contributed by atoms with Gasteiger partial charge in [-0.3, -0.25) is 4.79 Å². The van der Waals surface area contributed by atoms with Gasteiger partial charge in [-0.1, -0.05) is 79.3 Å². The number of nitrogens with zero attached hydrogens (tertiary/aromatic N) is 3. The highest BCUT2D eigenvalue weighted by atomic mass is 32.2. The van der Waals surface area contributed by atoms with Crippen molar-refractivity contribution in [1.82, 2.24) is 14.8 Å². The predicted octanol–water partition coefficient (Wildman–Crippen LogP) is 4.68. The fourth-order valence-corrected chi connectivity index (χ4v) is 3.21. The van der Waals surface area contributed by atoms with E-state index in [9.17, 15) is 4.79 Å². The summed E-state index contributed by atoms with van der Waals surface area (Å²) in [7, 11) is 0. The van der Waals surface area contributed by atoms with Gasteiger partial charge in [0.05, 0.1) is 0 Å². The lowest BCUT2D eigenvalue weighted by Crippen LogP contribution is -2.13. The van der Waals surface area contributed by atoms with Crippen molar-refractivity contribution >= 4 is 17.7 Å². The van der Waals surface area contributed by atoms with Gasteiger partial charge in [-0.25, -0.2) is 4.98 Å². The number of carbonyl (C=O) groups is 1. The molecule has 0 N–H and O–H groups in total. The topological polar surface area (TPSA) is 47.8 Å². The van der Waals surface area contributed by atoms with E-state index in [-0.39, 0.29) is 5.91 Å². The van der Waals surface area contributed by atoms with Crippen LogP contribution in [0.25, 0.3) is 11.4 Å². The van der Waals surface area contributed by atoms with Crippen molar-refractivity contribution in [2.24, 2.45) is 0 Å². The van der Waals surface area contributed by atoms with Gasteiger partial charge in [0.2, 0.25) is 5.91 Å². The van der Waals surface area contributed by atoms with E-state index in [2.05, 4.69) is 22.2 Å². The normalized spacial score (nSPS) is 10.7. The van der Waals surface area contributed by atoms with Crippen molar-refractivity contribution in [2.75, 3.05) is 0 Å². The maximum atomic E-state index is 12.4. The summed E-state index contributed by atoms with van der Waals surface area (Å²) in [6, 6.07) is 19.9. The van der Waals surface area contributed by atoms with E-state index in [1.165, 1.54) is 22.0 Å². The zero-order chi connectivity index (χ0) is 16.8. The number of rotatable bonds is 6. The molecule has 0 aliphatic rings. The van der Waals surface area contributed by atoms with Crippen molar-refractivity contribution in [3.8, 4) is 11.4 Å². The van der Waals surface area contributed by atoms with Crippen molar-refractivity contribution in [3.05, 3.63) is 66.2 Å². The van der Waals surface area contributed by atoms with Gasteiger partial charge in [0.15, 0.2) is 11.0 Å². The lowest BCUT2D eigenvalue weighted by molar-refractivity contribution is 0.0874. The molecule has 0 amide bonds. The zero-order valence-electron chi connectivity index (χ0n) is 13.6. The third kappa shape index (κ3) is 3.92. The highest BCUT2D eigenvalue weighted by Crippen LogP contribution is 2.25. The van der Waals surface area contributed by atoms with Crippen LogP contribution >= 0.6 is 11.8 Å². The maximum Gasteiger partial charge on any atom is 0.249 e. The Morgan fingerprint density at radius 3 is 2.38 bits per heavy atom. The van der Waals surface area contributed by atoms with Crippen LogP contribution in [0.3, 0.4) is 0 Å². The highest BCUT2D eigenvalue weighted by Gasteiger charge is 2.17. The molecule has 0 saturated carbocycles. The Hall–Kier alpha value is -2.40. The summed E-state index contributed by atoms with van der Waals surface area (Å²) >= 11 is 1.54. The van der Waals surface area contributed by atoms with Crippen molar-refractivity contribution in [1.29, 1.82) is 0 Å². The average molecular weight is 337 g/mol. The van der Waals surface area contributed by atoms with Gasteiger partial charge in [0, 0.05) is 17.7 Å². The molecular weight excluding hydrogens is 318 g/mol. The minimum absolute atomic E-state index is 0.0113. The molecule has 2 aromatic carbocycles. The van der Waals surface area contributed by atoms with Gasteiger partial charge < -0.3 is 0 Å². The first-order valence-corrected chi connectivity index (χ1v) is 8.99. The summed E-state index contributed by atoms with van der Waals surface area (Å²) in [6.07, 6.45) is 1.26. The SMILES string of the molecule is CCCC(=O)n1nc(-c2ccccc2)nc1SCc1ccccc1. The van der Waals surface area contributed by atoms with Crippen LogP contribution in [0.4, 0.5) is 0 Å². The van der Waals surface area contributed by atoms with E-state index < -0.39 is 0 Å². The molecule has 24 heavy (non-hydrogen) atoms. The monoisotopic (exact) mass is 337 g/mol. The molecule has 1 heterocycles. The lowest BCUT2D eigenvalue weighted by Gasteiger charge is -2.03. The van der Waals surface area contributed by atoms with Gasteiger partial charge in [-0.15, -0.1) is 5.10 Å². The molecule has 0 unspecified atom stereocenters. The Kier molecular flexibility index (Phi) is 5.43. The molecule has 3 aromatic rings. The first-order valence-electron chi connectivity index (χ1n) is 8.00. The fourth-order valence-electron chi connectivity index (χ4n) is 2.31. The van der Waals surface area contributed by atoms with Crippen molar-refractivity contribution < 1.29 is 4.79 Å². The smallest absolute Gasteiger partial charge is 0.249 e. The molecule has 0 fully saturated rings. The van der Waals surface area contributed by atoms with Gasteiger partial charge in [-0.2, -0.15) is 4.68 Å². The Morgan fingerprint density at radius 2 is 1.71 bits per heavy atom. The second kappa shape index (κ2) is 7.93. The predicted molar refractivity (Wildman–Crippen MR) is 97.0 cm³/mol. The molecule has 122 valence electrons. The molecule has 0 aliphatic heterocycles. The molecule has 0 spiro atoms. The van der Waals surface area contributed by atoms with E-state index in [1.54, 1.807) is 0 Å². The summed E-state index contributed by atoms with van der Waals surface area (Å²) in [5, 5.41) is 5.10. The van der Waals surface area contributed by atoms with E-state index in [0.29, 0.717) is 17.4 Å². The van der Waals surface area contributed by atoms with Crippen LogP contribution in [-0.4, -0.2) is 20.7 Å². The lowest BCUT2D eigenvalue weighted by atomic mass is 10.2. The number of benzene rings is 2. The van der Waals surface area contributed by atoms with Crippen LogP contribution < -0.4 is 0 Å². The first kappa shape index (κ1) is 16.5. The number of thioether (sulfide) groups is 1. The second-order valence-electron chi connectivity index (χ2n) is 5.41. The quantitative estimate of drug-likeness (QED) is 0.613. The minimum Gasteiger partial charge on any atom is -0.272 e.